The van der Waals surface area contributed by atoms with Crippen molar-refractivity contribution in [3.8, 4) is 11.4 Å². The van der Waals surface area contributed by atoms with E-state index >= 15 is 0 Å². The SMILES string of the molecule is CCCCCCCc1cnc(-c2ccc(CCC)cc2)nc1Cl. The van der Waals surface area contributed by atoms with Crippen LogP contribution in [0.5, 0.6) is 0 Å². The van der Waals surface area contributed by atoms with Crippen LogP contribution in [-0.2, 0) is 12.8 Å². The first-order chi connectivity index (χ1) is 11.2. The lowest BCUT2D eigenvalue weighted by molar-refractivity contribution is 0.631. The highest BCUT2D eigenvalue weighted by Gasteiger charge is 2.07. The van der Waals surface area contributed by atoms with Crippen LogP contribution in [0.3, 0.4) is 0 Å². The predicted octanol–water partition coefficient (Wildman–Crippen LogP) is 6.26. The number of hydrogen-bond acceptors (Lipinski definition) is 2. The van der Waals surface area contributed by atoms with E-state index in [0.717, 1.165) is 36.8 Å². The molecule has 2 nitrogen and oxygen atoms in total. The zero-order valence-corrected chi connectivity index (χ0v) is 15.1. The number of aryl methyl sites for hydroxylation is 2. The molecule has 0 fully saturated rings. The Labute approximate surface area is 145 Å². The summed E-state index contributed by atoms with van der Waals surface area (Å²) in [7, 11) is 0. The second-order valence-electron chi connectivity index (χ2n) is 6.12. The maximum Gasteiger partial charge on any atom is 0.160 e. The van der Waals surface area contributed by atoms with E-state index in [1.54, 1.807) is 0 Å². The van der Waals surface area contributed by atoms with Crippen LogP contribution in [-0.4, -0.2) is 9.97 Å². The molecule has 23 heavy (non-hydrogen) atoms. The van der Waals surface area contributed by atoms with Crippen molar-refractivity contribution in [3.63, 3.8) is 0 Å². The minimum atomic E-state index is 0.600. The van der Waals surface area contributed by atoms with Gasteiger partial charge in [0.1, 0.15) is 5.15 Å². The first-order valence-corrected chi connectivity index (χ1v) is 9.23. The van der Waals surface area contributed by atoms with Gasteiger partial charge in [0.2, 0.25) is 0 Å². The highest BCUT2D eigenvalue weighted by Crippen LogP contribution is 2.21. The minimum Gasteiger partial charge on any atom is -0.236 e. The Morgan fingerprint density at radius 1 is 0.870 bits per heavy atom. The van der Waals surface area contributed by atoms with Crippen LogP contribution in [0.2, 0.25) is 5.15 Å². The van der Waals surface area contributed by atoms with Crippen molar-refractivity contribution in [2.24, 2.45) is 0 Å². The van der Waals surface area contributed by atoms with Crippen molar-refractivity contribution >= 4 is 11.6 Å². The highest BCUT2D eigenvalue weighted by atomic mass is 35.5. The van der Waals surface area contributed by atoms with E-state index in [9.17, 15) is 0 Å². The third-order valence-corrected chi connectivity index (χ3v) is 4.44. The van der Waals surface area contributed by atoms with E-state index in [1.165, 1.54) is 31.2 Å². The Balaban J connectivity index is 1.98. The molecule has 1 aromatic carbocycles. The normalized spacial score (nSPS) is 10.9. The third-order valence-electron chi connectivity index (χ3n) is 4.11. The topological polar surface area (TPSA) is 25.8 Å². The van der Waals surface area contributed by atoms with Gasteiger partial charge in [-0.05, 0) is 24.8 Å². The van der Waals surface area contributed by atoms with Crippen LogP contribution in [0.25, 0.3) is 11.4 Å². The third kappa shape index (κ3) is 5.62. The van der Waals surface area contributed by atoms with Crippen LogP contribution in [0.1, 0.15) is 63.5 Å². The first kappa shape index (κ1) is 17.9. The summed E-state index contributed by atoms with van der Waals surface area (Å²) >= 11 is 6.35. The average Bonchev–Trinajstić information content (AvgIpc) is 2.57. The molecule has 0 unspecified atom stereocenters. The van der Waals surface area contributed by atoms with Crippen LogP contribution in [0.15, 0.2) is 30.5 Å². The summed E-state index contributed by atoms with van der Waals surface area (Å²) in [6.07, 6.45) is 11.4. The fraction of sp³-hybridized carbons (Fsp3) is 0.500. The second-order valence-corrected chi connectivity index (χ2v) is 6.48. The Morgan fingerprint density at radius 3 is 2.26 bits per heavy atom. The largest absolute Gasteiger partial charge is 0.236 e. The Morgan fingerprint density at radius 2 is 1.61 bits per heavy atom. The van der Waals surface area contributed by atoms with E-state index in [0.29, 0.717) is 11.0 Å². The second kappa shape index (κ2) is 9.67. The molecule has 0 aliphatic heterocycles. The molecular formula is C20H27ClN2. The number of benzene rings is 1. The molecule has 2 rings (SSSR count). The Hall–Kier alpha value is -1.41. The summed E-state index contributed by atoms with van der Waals surface area (Å²) in [5, 5.41) is 0.600. The summed E-state index contributed by atoms with van der Waals surface area (Å²) in [5.41, 5.74) is 3.45. The Kier molecular flexibility index (Phi) is 7.54. The molecule has 0 spiro atoms. The molecule has 0 saturated carbocycles. The molecule has 124 valence electrons. The molecule has 0 radical (unpaired) electrons. The Bertz CT molecular complexity index is 593. The van der Waals surface area contributed by atoms with Crippen molar-refractivity contribution in [2.45, 2.75) is 65.2 Å². The van der Waals surface area contributed by atoms with E-state index in [2.05, 4.69) is 48.1 Å². The van der Waals surface area contributed by atoms with Gasteiger partial charge in [-0.1, -0.05) is 81.8 Å². The van der Waals surface area contributed by atoms with Crippen molar-refractivity contribution in [3.05, 3.63) is 46.7 Å². The summed E-state index contributed by atoms with van der Waals surface area (Å²) in [5.74, 6) is 0.716. The van der Waals surface area contributed by atoms with Crippen LogP contribution >= 0.6 is 11.6 Å². The van der Waals surface area contributed by atoms with Gasteiger partial charge in [0.05, 0.1) is 0 Å². The first-order valence-electron chi connectivity index (χ1n) is 8.85. The lowest BCUT2D eigenvalue weighted by Crippen LogP contribution is -1.96. The quantitative estimate of drug-likeness (QED) is 0.400. The lowest BCUT2D eigenvalue weighted by Gasteiger charge is -2.07. The molecule has 0 atom stereocenters. The molecule has 0 N–H and O–H groups in total. The molecule has 0 aliphatic carbocycles. The van der Waals surface area contributed by atoms with E-state index in [4.69, 9.17) is 11.6 Å². The van der Waals surface area contributed by atoms with Crippen molar-refractivity contribution in [1.82, 2.24) is 9.97 Å². The van der Waals surface area contributed by atoms with Crippen molar-refractivity contribution in [1.29, 1.82) is 0 Å². The van der Waals surface area contributed by atoms with E-state index < -0.39 is 0 Å². The molecule has 1 heterocycles. The van der Waals surface area contributed by atoms with Crippen molar-refractivity contribution in [2.75, 3.05) is 0 Å². The number of unbranched alkanes of at least 4 members (excludes halogenated alkanes) is 4. The minimum absolute atomic E-state index is 0.600. The van der Waals surface area contributed by atoms with Crippen LogP contribution in [0.4, 0.5) is 0 Å². The smallest absolute Gasteiger partial charge is 0.160 e. The summed E-state index contributed by atoms with van der Waals surface area (Å²) in [6.45, 7) is 4.43. The molecular weight excluding hydrogens is 304 g/mol. The molecule has 0 aliphatic rings. The van der Waals surface area contributed by atoms with E-state index in [-0.39, 0.29) is 0 Å². The fourth-order valence-corrected chi connectivity index (χ4v) is 2.94. The fourth-order valence-electron chi connectivity index (χ4n) is 2.72. The zero-order valence-electron chi connectivity index (χ0n) is 14.3. The van der Waals surface area contributed by atoms with Crippen molar-refractivity contribution < 1.29 is 0 Å². The van der Waals surface area contributed by atoms with Gasteiger partial charge in [0.25, 0.3) is 0 Å². The zero-order chi connectivity index (χ0) is 16.5. The number of hydrogen-bond donors (Lipinski definition) is 0. The van der Waals surface area contributed by atoms with E-state index in [1.807, 2.05) is 6.20 Å². The molecule has 0 saturated heterocycles. The lowest BCUT2D eigenvalue weighted by atomic mass is 10.1. The number of aromatic nitrogens is 2. The number of nitrogens with zero attached hydrogens (tertiary/aromatic N) is 2. The van der Waals surface area contributed by atoms with Gasteiger partial charge in [0.15, 0.2) is 5.82 Å². The molecule has 2 aromatic rings. The number of halogens is 1. The molecule has 0 bridgehead atoms. The maximum atomic E-state index is 6.35. The predicted molar refractivity (Wildman–Crippen MR) is 98.9 cm³/mol. The standard InChI is InChI=1S/C20H27ClN2/c1-3-5-6-7-8-10-18-15-22-20(23-19(18)21)17-13-11-16(9-4-2)12-14-17/h11-15H,3-10H2,1-2H3. The van der Waals surface area contributed by atoms with Gasteiger partial charge < -0.3 is 0 Å². The van der Waals surface area contributed by atoms with Crippen LogP contribution in [0, 0.1) is 0 Å². The maximum absolute atomic E-state index is 6.35. The van der Waals surface area contributed by atoms with Gasteiger partial charge in [0, 0.05) is 17.3 Å². The average molecular weight is 331 g/mol. The van der Waals surface area contributed by atoms with Gasteiger partial charge in [-0.2, -0.15) is 0 Å². The molecule has 3 heteroatoms. The van der Waals surface area contributed by atoms with Gasteiger partial charge >= 0.3 is 0 Å². The summed E-state index contributed by atoms with van der Waals surface area (Å²) < 4.78 is 0. The summed E-state index contributed by atoms with van der Waals surface area (Å²) in [4.78, 5) is 8.99. The monoisotopic (exact) mass is 330 g/mol. The molecule has 0 amide bonds. The highest BCUT2D eigenvalue weighted by molar-refractivity contribution is 6.30. The molecule has 1 aromatic heterocycles. The summed E-state index contributed by atoms with van der Waals surface area (Å²) in [6, 6.07) is 8.47. The van der Waals surface area contributed by atoms with Gasteiger partial charge in [-0.25, -0.2) is 9.97 Å². The van der Waals surface area contributed by atoms with Gasteiger partial charge in [-0.3, -0.25) is 0 Å². The number of rotatable bonds is 9. The van der Waals surface area contributed by atoms with Gasteiger partial charge in [-0.15, -0.1) is 0 Å². The van der Waals surface area contributed by atoms with Crippen LogP contribution < -0.4 is 0 Å².